The third-order valence-electron chi connectivity index (χ3n) is 2.09. The van der Waals surface area contributed by atoms with Crippen LogP contribution in [0.1, 0.15) is 33.3 Å². The predicted molar refractivity (Wildman–Crippen MR) is 69.8 cm³/mol. The Hall–Kier alpha value is -1.06. The second kappa shape index (κ2) is 7.30. The maximum atomic E-state index is 5.57. The summed E-state index contributed by atoms with van der Waals surface area (Å²) in [5.41, 5.74) is 4.14. The van der Waals surface area contributed by atoms with Gasteiger partial charge in [0.05, 0.1) is 12.7 Å². The van der Waals surface area contributed by atoms with Crippen molar-refractivity contribution in [1.29, 1.82) is 0 Å². The Kier molecular flexibility index (Phi) is 6.01. The van der Waals surface area contributed by atoms with Gasteiger partial charge in [-0.2, -0.15) is 5.48 Å². The summed E-state index contributed by atoms with van der Waals surface area (Å²) in [5, 5.41) is 0. The Balaban J connectivity index is 2.30. The van der Waals surface area contributed by atoms with Gasteiger partial charge in [0.2, 0.25) is 0 Å². The number of hydrogen-bond acceptors (Lipinski definition) is 3. The Morgan fingerprint density at radius 1 is 1.06 bits per heavy atom. The van der Waals surface area contributed by atoms with E-state index in [2.05, 4.69) is 19.3 Å². The molecule has 3 heteroatoms. The van der Waals surface area contributed by atoms with Crippen molar-refractivity contribution in [1.82, 2.24) is 5.48 Å². The molecule has 0 fully saturated rings. The molecule has 0 atom stereocenters. The summed E-state index contributed by atoms with van der Waals surface area (Å²) >= 11 is 0. The molecule has 0 saturated carbocycles. The van der Waals surface area contributed by atoms with Crippen LogP contribution in [0.15, 0.2) is 24.3 Å². The van der Waals surface area contributed by atoms with Gasteiger partial charge in [-0.1, -0.05) is 26.0 Å². The van der Waals surface area contributed by atoms with Gasteiger partial charge in [-0.15, -0.1) is 0 Å². The minimum Gasteiger partial charge on any atom is -0.491 e. The zero-order chi connectivity index (χ0) is 12.7. The summed E-state index contributed by atoms with van der Waals surface area (Å²) in [6.45, 7) is 9.74. The molecule has 3 nitrogen and oxygen atoms in total. The Labute approximate surface area is 104 Å². The van der Waals surface area contributed by atoms with Gasteiger partial charge in [0.15, 0.2) is 0 Å². The van der Waals surface area contributed by atoms with Crippen LogP contribution in [-0.2, 0) is 11.4 Å². The molecule has 1 aromatic carbocycles. The van der Waals surface area contributed by atoms with Crippen molar-refractivity contribution in [2.45, 2.75) is 40.3 Å². The van der Waals surface area contributed by atoms with Gasteiger partial charge < -0.3 is 9.57 Å². The van der Waals surface area contributed by atoms with Gasteiger partial charge in [-0.3, -0.25) is 0 Å². The number of benzene rings is 1. The Morgan fingerprint density at radius 2 is 1.71 bits per heavy atom. The number of ether oxygens (including phenoxy) is 1. The van der Waals surface area contributed by atoms with Gasteiger partial charge in [0.1, 0.15) is 5.75 Å². The van der Waals surface area contributed by atoms with Crippen molar-refractivity contribution in [2.24, 2.45) is 5.92 Å². The normalized spacial score (nSPS) is 11.2. The summed E-state index contributed by atoms with van der Waals surface area (Å²) in [4.78, 5) is 5.31. The molecule has 1 rings (SSSR count). The van der Waals surface area contributed by atoms with Crippen LogP contribution in [0.2, 0.25) is 0 Å². The number of rotatable bonds is 7. The van der Waals surface area contributed by atoms with E-state index in [-0.39, 0.29) is 6.10 Å². The topological polar surface area (TPSA) is 30.5 Å². The van der Waals surface area contributed by atoms with Gasteiger partial charge in [-0.25, -0.2) is 0 Å². The zero-order valence-electron chi connectivity index (χ0n) is 11.2. The van der Waals surface area contributed by atoms with Crippen molar-refractivity contribution in [2.75, 3.05) is 6.61 Å². The Bertz CT molecular complexity index is 307. The fourth-order valence-electron chi connectivity index (χ4n) is 1.32. The first-order chi connectivity index (χ1) is 8.08. The van der Waals surface area contributed by atoms with E-state index in [9.17, 15) is 0 Å². The maximum Gasteiger partial charge on any atom is 0.119 e. The van der Waals surface area contributed by atoms with Crippen molar-refractivity contribution in [3.05, 3.63) is 29.8 Å². The van der Waals surface area contributed by atoms with Gasteiger partial charge in [0, 0.05) is 6.54 Å². The molecule has 0 aromatic heterocycles. The molecule has 0 radical (unpaired) electrons. The van der Waals surface area contributed by atoms with E-state index in [1.165, 1.54) is 5.56 Å². The van der Waals surface area contributed by atoms with Crippen molar-refractivity contribution in [3.8, 4) is 5.75 Å². The maximum absolute atomic E-state index is 5.57. The first kappa shape index (κ1) is 14.0. The van der Waals surface area contributed by atoms with Crippen LogP contribution in [0.4, 0.5) is 0 Å². The lowest BCUT2D eigenvalue weighted by atomic mass is 10.2. The van der Waals surface area contributed by atoms with Crippen molar-refractivity contribution < 1.29 is 9.57 Å². The Morgan fingerprint density at radius 3 is 2.24 bits per heavy atom. The van der Waals surface area contributed by atoms with E-state index in [1.807, 2.05) is 38.1 Å². The van der Waals surface area contributed by atoms with Crippen LogP contribution in [0.25, 0.3) is 0 Å². The van der Waals surface area contributed by atoms with E-state index < -0.39 is 0 Å². The lowest BCUT2D eigenvalue weighted by Crippen LogP contribution is -2.17. The predicted octanol–water partition coefficient (Wildman–Crippen LogP) is 3.15. The smallest absolute Gasteiger partial charge is 0.119 e. The largest absolute Gasteiger partial charge is 0.491 e. The molecule has 1 aromatic rings. The first-order valence-electron chi connectivity index (χ1n) is 6.18. The molecule has 17 heavy (non-hydrogen) atoms. The zero-order valence-corrected chi connectivity index (χ0v) is 11.2. The van der Waals surface area contributed by atoms with Gasteiger partial charge in [-0.05, 0) is 37.5 Å². The fraction of sp³-hybridized carbons (Fsp3) is 0.571. The molecule has 96 valence electrons. The molecule has 0 aliphatic heterocycles. The lowest BCUT2D eigenvalue weighted by Gasteiger charge is -2.11. The third-order valence-corrected chi connectivity index (χ3v) is 2.09. The van der Waals surface area contributed by atoms with Crippen LogP contribution < -0.4 is 10.2 Å². The van der Waals surface area contributed by atoms with Gasteiger partial charge in [0.25, 0.3) is 0 Å². The van der Waals surface area contributed by atoms with Crippen LogP contribution in [0.5, 0.6) is 5.75 Å². The van der Waals surface area contributed by atoms with Crippen molar-refractivity contribution >= 4 is 0 Å². The quantitative estimate of drug-likeness (QED) is 0.583. The molecule has 0 unspecified atom stereocenters. The summed E-state index contributed by atoms with van der Waals surface area (Å²) in [6.07, 6.45) is 0.216. The fourth-order valence-corrected chi connectivity index (χ4v) is 1.32. The second-order valence-electron chi connectivity index (χ2n) is 4.84. The highest BCUT2D eigenvalue weighted by atomic mass is 16.6. The number of nitrogens with one attached hydrogen (secondary N) is 1. The minimum absolute atomic E-state index is 0.216. The molecule has 0 heterocycles. The van der Waals surface area contributed by atoms with Crippen LogP contribution in [0, 0.1) is 5.92 Å². The highest BCUT2D eigenvalue weighted by Crippen LogP contribution is 2.13. The van der Waals surface area contributed by atoms with Crippen LogP contribution in [0.3, 0.4) is 0 Å². The average Bonchev–Trinajstić information content (AvgIpc) is 2.25. The molecule has 0 spiro atoms. The highest BCUT2D eigenvalue weighted by Gasteiger charge is 1.98. The molecule has 0 bridgehead atoms. The summed E-state index contributed by atoms with van der Waals surface area (Å²) in [5.74, 6) is 1.45. The van der Waals surface area contributed by atoms with Crippen molar-refractivity contribution in [3.63, 3.8) is 0 Å². The summed E-state index contributed by atoms with van der Waals surface area (Å²) < 4.78 is 5.57. The van der Waals surface area contributed by atoms with E-state index in [1.54, 1.807) is 0 Å². The van der Waals surface area contributed by atoms with E-state index in [4.69, 9.17) is 9.57 Å². The summed E-state index contributed by atoms with van der Waals surface area (Å²) in [7, 11) is 0. The number of hydrogen-bond donors (Lipinski definition) is 1. The molecule has 0 saturated heterocycles. The van der Waals surface area contributed by atoms with Crippen LogP contribution in [-0.4, -0.2) is 12.7 Å². The third kappa shape index (κ3) is 6.29. The minimum atomic E-state index is 0.216. The molecule has 0 amide bonds. The standard InChI is InChI=1S/C14H23NO2/c1-11(2)10-16-15-9-13-5-7-14(8-6-13)17-12(3)4/h5-8,11-12,15H,9-10H2,1-4H3. The molecule has 0 aliphatic rings. The van der Waals surface area contributed by atoms with Gasteiger partial charge >= 0.3 is 0 Å². The van der Waals surface area contributed by atoms with E-state index in [0.29, 0.717) is 12.5 Å². The molecule has 1 N–H and O–H groups in total. The monoisotopic (exact) mass is 237 g/mol. The lowest BCUT2D eigenvalue weighted by molar-refractivity contribution is 0.0196. The van der Waals surface area contributed by atoms with E-state index >= 15 is 0 Å². The summed E-state index contributed by atoms with van der Waals surface area (Å²) in [6, 6.07) is 8.06. The van der Waals surface area contributed by atoms with Crippen LogP contribution >= 0.6 is 0 Å². The SMILES string of the molecule is CC(C)CONCc1ccc(OC(C)C)cc1. The molecular weight excluding hydrogens is 214 g/mol. The molecule has 0 aliphatic carbocycles. The van der Waals surface area contributed by atoms with E-state index in [0.717, 1.165) is 12.4 Å². The highest BCUT2D eigenvalue weighted by molar-refractivity contribution is 5.27. The first-order valence-corrected chi connectivity index (χ1v) is 6.18. The molecular formula is C14H23NO2. The number of hydroxylamine groups is 1. The average molecular weight is 237 g/mol. The second-order valence-corrected chi connectivity index (χ2v) is 4.84.